The van der Waals surface area contributed by atoms with Crippen LogP contribution in [-0.2, 0) is 9.59 Å². The number of nitrogens with one attached hydrogen (secondary N) is 1. The third-order valence-electron chi connectivity index (χ3n) is 5.07. The molecule has 0 unspecified atom stereocenters. The zero-order valence-electron chi connectivity index (χ0n) is 14.5. The first-order chi connectivity index (χ1) is 12.6. The second kappa shape index (κ2) is 6.90. The van der Waals surface area contributed by atoms with Gasteiger partial charge in [-0.3, -0.25) is 9.59 Å². The molecule has 0 radical (unpaired) electrons. The fourth-order valence-electron chi connectivity index (χ4n) is 3.51. The number of rotatable bonds is 4. The maximum absolute atomic E-state index is 13.1. The summed E-state index contributed by atoms with van der Waals surface area (Å²) in [7, 11) is 0. The van der Waals surface area contributed by atoms with Crippen LogP contribution >= 0.6 is 0 Å². The highest BCUT2D eigenvalue weighted by molar-refractivity contribution is 5.98. The van der Waals surface area contributed by atoms with Crippen molar-refractivity contribution >= 4 is 17.5 Å². The number of carbonyl (C=O) groups excluding carboxylic acids is 2. The second-order valence-electron chi connectivity index (χ2n) is 7.04. The van der Waals surface area contributed by atoms with Crippen molar-refractivity contribution in [3.05, 3.63) is 54.3 Å². The summed E-state index contributed by atoms with van der Waals surface area (Å²) in [6.07, 6.45) is 3.47. The fraction of sp³-hybridized carbons (Fsp3) is 0.333. The van der Waals surface area contributed by atoms with Crippen LogP contribution in [0.1, 0.15) is 25.7 Å². The van der Waals surface area contributed by atoms with Crippen molar-refractivity contribution in [2.45, 2.75) is 31.7 Å². The third-order valence-corrected chi connectivity index (χ3v) is 5.07. The topological polar surface area (TPSA) is 49.4 Å². The first-order valence-corrected chi connectivity index (χ1v) is 9.09. The summed E-state index contributed by atoms with van der Waals surface area (Å²) in [6, 6.07) is 13.3. The number of anilines is 1. The highest BCUT2D eigenvalue weighted by Gasteiger charge is 2.40. The van der Waals surface area contributed by atoms with E-state index in [9.17, 15) is 14.0 Å². The zero-order chi connectivity index (χ0) is 18.1. The van der Waals surface area contributed by atoms with Gasteiger partial charge in [0.15, 0.2) is 0 Å². The molecule has 134 valence electrons. The Morgan fingerprint density at radius 1 is 1.00 bits per heavy atom. The Balaban J connectivity index is 1.48. The van der Waals surface area contributed by atoms with E-state index in [0.29, 0.717) is 18.7 Å². The van der Waals surface area contributed by atoms with Crippen LogP contribution in [-0.4, -0.2) is 29.3 Å². The molecule has 0 spiro atoms. The van der Waals surface area contributed by atoms with Gasteiger partial charge in [-0.05, 0) is 61.1 Å². The van der Waals surface area contributed by atoms with Gasteiger partial charge in [0.2, 0.25) is 11.8 Å². The zero-order valence-corrected chi connectivity index (χ0v) is 14.5. The number of likely N-dealkylation sites (tertiary alicyclic amines) is 1. The van der Waals surface area contributed by atoms with Gasteiger partial charge in [-0.25, -0.2) is 4.39 Å². The molecule has 1 heterocycles. The Morgan fingerprint density at radius 3 is 2.50 bits per heavy atom. The molecular weight excluding hydrogens is 331 g/mol. The van der Waals surface area contributed by atoms with Gasteiger partial charge >= 0.3 is 0 Å². The van der Waals surface area contributed by atoms with Gasteiger partial charge in [0.25, 0.3) is 0 Å². The minimum atomic E-state index is -0.377. The Kier molecular flexibility index (Phi) is 4.45. The molecule has 1 aliphatic heterocycles. The molecule has 26 heavy (non-hydrogen) atoms. The van der Waals surface area contributed by atoms with Crippen LogP contribution in [0.25, 0.3) is 11.1 Å². The number of hydrogen-bond donors (Lipinski definition) is 1. The van der Waals surface area contributed by atoms with Crippen LogP contribution in [0, 0.1) is 11.7 Å². The molecular formula is C21H21FN2O2. The standard InChI is InChI=1S/C21H21FN2O2/c22-17-10-8-14(9-11-17)16-3-1-4-18(13-16)23-20(25)19-5-2-12-24(19)21(26)15-6-7-15/h1,3-4,8-11,13,15,19H,2,5-7,12H2,(H,23,25)/t19-/m0/s1. The first kappa shape index (κ1) is 16.8. The molecule has 4 rings (SSSR count). The lowest BCUT2D eigenvalue weighted by atomic mass is 10.0. The summed E-state index contributed by atoms with van der Waals surface area (Å²) >= 11 is 0. The predicted molar refractivity (Wildman–Crippen MR) is 97.9 cm³/mol. The minimum absolute atomic E-state index is 0.128. The summed E-state index contributed by atoms with van der Waals surface area (Å²) in [5, 5.41) is 2.94. The van der Waals surface area contributed by atoms with Crippen molar-refractivity contribution in [2.75, 3.05) is 11.9 Å². The van der Waals surface area contributed by atoms with Crippen LogP contribution in [0.4, 0.5) is 10.1 Å². The van der Waals surface area contributed by atoms with Crippen LogP contribution in [0.15, 0.2) is 48.5 Å². The average molecular weight is 352 g/mol. The predicted octanol–water partition coefficient (Wildman–Crippen LogP) is 3.83. The molecule has 1 saturated heterocycles. The van der Waals surface area contributed by atoms with Crippen LogP contribution in [0.2, 0.25) is 0 Å². The van der Waals surface area contributed by atoms with E-state index < -0.39 is 0 Å². The molecule has 2 aliphatic rings. The van der Waals surface area contributed by atoms with Gasteiger partial charge in [0.1, 0.15) is 11.9 Å². The van der Waals surface area contributed by atoms with Crippen molar-refractivity contribution in [1.82, 2.24) is 4.90 Å². The van der Waals surface area contributed by atoms with Crippen molar-refractivity contribution < 1.29 is 14.0 Å². The summed E-state index contributed by atoms with van der Waals surface area (Å²) in [4.78, 5) is 26.8. The maximum Gasteiger partial charge on any atom is 0.247 e. The highest BCUT2D eigenvalue weighted by Crippen LogP contribution is 2.34. The van der Waals surface area contributed by atoms with E-state index in [1.54, 1.807) is 17.0 Å². The van der Waals surface area contributed by atoms with Crippen molar-refractivity contribution in [3.63, 3.8) is 0 Å². The summed E-state index contributed by atoms with van der Waals surface area (Å²) in [5.74, 6) is -0.152. The van der Waals surface area contributed by atoms with E-state index in [2.05, 4.69) is 5.32 Å². The van der Waals surface area contributed by atoms with E-state index in [0.717, 1.165) is 30.4 Å². The molecule has 5 heteroatoms. The van der Waals surface area contributed by atoms with Crippen LogP contribution < -0.4 is 5.32 Å². The molecule has 1 N–H and O–H groups in total. The third kappa shape index (κ3) is 3.47. The molecule has 2 fully saturated rings. The molecule has 0 aromatic heterocycles. The number of halogens is 1. The van der Waals surface area contributed by atoms with Crippen molar-refractivity contribution in [2.24, 2.45) is 5.92 Å². The van der Waals surface area contributed by atoms with Crippen molar-refractivity contribution in [3.8, 4) is 11.1 Å². The molecule has 1 aliphatic carbocycles. The largest absolute Gasteiger partial charge is 0.330 e. The molecule has 1 atom stereocenters. The Hall–Kier alpha value is -2.69. The minimum Gasteiger partial charge on any atom is -0.330 e. The van der Waals surface area contributed by atoms with Gasteiger partial charge < -0.3 is 10.2 Å². The van der Waals surface area contributed by atoms with E-state index >= 15 is 0 Å². The molecule has 1 saturated carbocycles. The summed E-state index contributed by atoms with van der Waals surface area (Å²) in [5.41, 5.74) is 2.47. The number of amides is 2. The fourth-order valence-corrected chi connectivity index (χ4v) is 3.51. The van der Waals surface area contributed by atoms with Gasteiger partial charge in [0.05, 0.1) is 0 Å². The number of carbonyl (C=O) groups is 2. The quantitative estimate of drug-likeness (QED) is 0.909. The Morgan fingerprint density at radius 2 is 1.77 bits per heavy atom. The smallest absolute Gasteiger partial charge is 0.247 e. The molecule has 2 aromatic rings. The number of nitrogens with zero attached hydrogens (tertiary/aromatic N) is 1. The Labute approximate surface area is 152 Å². The van der Waals surface area contributed by atoms with Crippen molar-refractivity contribution in [1.29, 1.82) is 0 Å². The monoisotopic (exact) mass is 352 g/mol. The van der Waals surface area contributed by atoms with Crippen LogP contribution in [0.5, 0.6) is 0 Å². The molecule has 4 nitrogen and oxygen atoms in total. The second-order valence-corrected chi connectivity index (χ2v) is 7.04. The van der Waals surface area contributed by atoms with E-state index in [1.807, 2.05) is 24.3 Å². The van der Waals surface area contributed by atoms with Crippen LogP contribution in [0.3, 0.4) is 0 Å². The van der Waals surface area contributed by atoms with E-state index in [1.165, 1.54) is 12.1 Å². The average Bonchev–Trinajstić information content (AvgIpc) is 3.38. The molecule has 2 aromatic carbocycles. The Bertz CT molecular complexity index is 830. The summed E-state index contributed by atoms with van der Waals surface area (Å²) < 4.78 is 13.1. The number of benzene rings is 2. The lowest BCUT2D eigenvalue weighted by molar-refractivity contribution is -0.137. The lowest BCUT2D eigenvalue weighted by Crippen LogP contribution is -2.43. The first-order valence-electron chi connectivity index (χ1n) is 9.09. The number of hydrogen-bond acceptors (Lipinski definition) is 2. The van der Waals surface area contributed by atoms with Gasteiger partial charge in [-0.2, -0.15) is 0 Å². The van der Waals surface area contributed by atoms with E-state index in [-0.39, 0.29) is 29.6 Å². The summed E-state index contributed by atoms with van der Waals surface area (Å²) in [6.45, 7) is 0.670. The van der Waals surface area contributed by atoms with Gasteiger partial charge in [-0.15, -0.1) is 0 Å². The van der Waals surface area contributed by atoms with Gasteiger partial charge in [0, 0.05) is 18.2 Å². The van der Waals surface area contributed by atoms with Gasteiger partial charge in [-0.1, -0.05) is 24.3 Å². The molecule has 2 amide bonds. The lowest BCUT2D eigenvalue weighted by Gasteiger charge is -2.24. The highest BCUT2D eigenvalue weighted by atomic mass is 19.1. The van der Waals surface area contributed by atoms with E-state index in [4.69, 9.17) is 0 Å². The maximum atomic E-state index is 13.1. The normalized spacial score (nSPS) is 19.4. The molecule has 0 bridgehead atoms. The SMILES string of the molecule is O=C(Nc1cccc(-c2ccc(F)cc2)c1)[C@@H]1CCCN1C(=O)C1CC1.